The van der Waals surface area contributed by atoms with Gasteiger partial charge >= 0.3 is 6.01 Å². The largest absolute Gasteiger partial charge is 0.461 e. The number of pyridine rings is 1. The van der Waals surface area contributed by atoms with Crippen LogP contribution in [0, 0.1) is 11.6 Å². The third-order valence-electron chi connectivity index (χ3n) is 9.29. The van der Waals surface area contributed by atoms with E-state index in [4.69, 9.17) is 4.74 Å². The van der Waals surface area contributed by atoms with E-state index in [2.05, 4.69) is 31.7 Å². The molecule has 48 heavy (non-hydrogen) atoms. The highest BCUT2D eigenvalue weighted by molar-refractivity contribution is 7.85. The minimum atomic E-state index is -4.38. The zero-order chi connectivity index (χ0) is 33.6. The normalized spacial score (nSPS) is 19.5. The van der Waals surface area contributed by atoms with Gasteiger partial charge in [-0.15, -0.1) is 0 Å². The molecule has 4 heterocycles. The second-order valence-corrected chi connectivity index (χ2v) is 13.7. The molecule has 0 bridgehead atoms. The molecular formula is C35H32F3N5O4S. The lowest BCUT2D eigenvalue weighted by Gasteiger charge is -2.30. The van der Waals surface area contributed by atoms with Crippen LogP contribution in [-0.4, -0.2) is 70.8 Å². The molecule has 0 aliphatic carbocycles. The van der Waals surface area contributed by atoms with Gasteiger partial charge in [0.2, 0.25) is 0 Å². The van der Waals surface area contributed by atoms with Crippen LogP contribution in [0.3, 0.4) is 0 Å². The number of nitrogens with one attached hydrogen (secondary N) is 1. The first-order valence-electron chi connectivity index (χ1n) is 15.6. The van der Waals surface area contributed by atoms with E-state index in [-0.39, 0.29) is 52.0 Å². The number of aromatic nitrogens is 3. The van der Waals surface area contributed by atoms with Crippen LogP contribution in [-0.2, 0) is 16.5 Å². The van der Waals surface area contributed by atoms with Crippen molar-refractivity contribution in [2.24, 2.45) is 0 Å². The Bertz CT molecular complexity index is 2180. The Morgan fingerprint density at radius 3 is 2.79 bits per heavy atom. The molecule has 2 saturated heterocycles. The van der Waals surface area contributed by atoms with Gasteiger partial charge in [-0.25, -0.2) is 23.1 Å². The first-order chi connectivity index (χ1) is 23.1. The van der Waals surface area contributed by atoms with E-state index < -0.39 is 33.5 Å². The maximum atomic E-state index is 16.6. The molecule has 2 aromatic heterocycles. The summed E-state index contributed by atoms with van der Waals surface area (Å²) in [6.45, 7) is 5.32. The van der Waals surface area contributed by atoms with E-state index in [1.165, 1.54) is 36.5 Å². The van der Waals surface area contributed by atoms with Gasteiger partial charge < -0.3 is 10.1 Å². The van der Waals surface area contributed by atoms with Crippen LogP contribution in [0.2, 0.25) is 0 Å². The van der Waals surface area contributed by atoms with Gasteiger partial charge in [-0.1, -0.05) is 49.1 Å². The van der Waals surface area contributed by atoms with Crippen molar-refractivity contribution in [3.8, 4) is 17.3 Å². The van der Waals surface area contributed by atoms with Gasteiger partial charge in [0.15, 0.2) is 5.82 Å². The highest BCUT2D eigenvalue weighted by Gasteiger charge is 2.49. The van der Waals surface area contributed by atoms with Crippen LogP contribution in [0.5, 0.6) is 6.01 Å². The average Bonchev–Trinajstić information content (AvgIpc) is 3.60. The van der Waals surface area contributed by atoms with Crippen LogP contribution in [0.25, 0.3) is 39.0 Å². The van der Waals surface area contributed by atoms with Gasteiger partial charge in [0.05, 0.1) is 15.8 Å². The molecule has 3 aromatic carbocycles. The Labute approximate surface area is 275 Å². The van der Waals surface area contributed by atoms with Gasteiger partial charge in [0.1, 0.15) is 35.6 Å². The lowest BCUT2D eigenvalue weighted by Crippen LogP contribution is -2.43. The van der Waals surface area contributed by atoms with Gasteiger partial charge in [0.25, 0.3) is 10.1 Å². The number of rotatable bonds is 10. The maximum Gasteiger partial charge on any atom is 0.317 e. The van der Waals surface area contributed by atoms with Crippen molar-refractivity contribution in [1.82, 2.24) is 19.9 Å². The third-order valence-corrected chi connectivity index (χ3v) is 10.1. The fourth-order valence-corrected chi connectivity index (χ4v) is 7.59. The van der Waals surface area contributed by atoms with E-state index in [0.29, 0.717) is 41.3 Å². The lowest BCUT2D eigenvalue weighted by molar-refractivity contribution is 0.107. The molecule has 7 rings (SSSR count). The number of hydrogen-bond acceptors (Lipinski definition) is 8. The second kappa shape index (κ2) is 12.5. The Hall–Kier alpha value is -4.59. The predicted octanol–water partition coefficient (Wildman–Crippen LogP) is 6.62. The van der Waals surface area contributed by atoms with Crippen molar-refractivity contribution in [1.29, 1.82) is 0 Å². The number of nitrogens with zero attached hydrogens (tertiary/aromatic N) is 4. The minimum Gasteiger partial charge on any atom is -0.461 e. The summed E-state index contributed by atoms with van der Waals surface area (Å²) in [5.74, 6) is -1.04. The molecule has 2 fully saturated rings. The molecule has 2 N–H and O–H groups in total. The number of fused-ring (bicyclic) bond motifs is 3. The number of alkyl halides is 1. The standard InChI is InChI=1S/C35H32F3N5O4S/c1-2-25-28(37)11-10-22-7-4-9-26(29(22)25)31-30(38)32-27(33(41-31)39-14-12-21-6-3-8-24(16-21)48(44,45)46)18-40-34(42-32)47-20-35-13-5-15-43(35)19-23(36)17-35/h2-4,6-11,16,18,23H,1,5,12-15,17,19-20H2,(H,39,41)(H,44,45,46)/t23-,35+/m1/s1. The molecule has 0 radical (unpaired) electrons. The van der Waals surface area contributed by atoms with Crippen molar-refractivity contribution in [2.75, 3.05) is 31.6 Å². The Kier molecular flexibility index (Phi) is 8.30. The van der Waals surface area contributed by atoms with E-state index in [1.54, 1.807) is 30.3 Å². The summed E-state index contributed by atoms with van der Waals surface area (Å²) in [5, 5.41) is 4.55. The third kappa shape index (κ3) is 5.86. The van der Waals surface area contributed by atoms with Crippen molar-refractivity contribution in [3.63, 3.8) is 0 Å². The molecule has 2 aliphatic rings. The number of anilines is 1. The molecule has 0 unspecified atom stereocenters. The maximum absolute atomic E-state index is 16.6. The summed E-state index contributed by atoms with van der Waals surface area (Å²) in [6, 6.07) is 13.9. The summed E-state index contributed by atoms with van der Waals surface area (Å²) >= 11 is 0. The number of halogens is 3. The smallest absolute Gasteiger partial charge is 0.317 e. The monoisotopic (exact) mass is 675 g/mol. The van der Waals surface area contributed by atoms with Gasteiger partial charge in [-0.3, -0.25) is 9.45 Å². The summed E-state index contributed by atoms with van der Waals surface area (Å²) < 4.78 is 84.6. The van der Waals surface area contributed by atoms with Crippen molar-refractivity contribution in [2.45, 2.75) is 42.3 Å². The summed E-state index contributed by atoms with van der Waals surface area (Å²) in [6.07, 6.45) is 4.26. The summed E-state index contributed by atoms with van der Waals surface area (Å²) in [5.41, 5.74) is 0.537. The molecule has 2 atom stereocenters. The van der Waals surface area contributed by atoms with Gasteiger partial charge in [-0.2, -0.15) is 13.4 Å². The van der Waals surface area contributed by atoms with Crippen LogP contribution in [0.1, 0.15) is 30.4 Å². The first kappa shape index (κ1) is 32.0. The van der Waals surface area contributed by atoms with Crippen molar-refractivity contribution < 1.29 is 30.9 Å². The Morgan fingerprint density at radius 2 is 1.98 bits per heavy atom. The number of hydrogen-bond donors (Lipinski definition) is 2. The van der Waals surface area contributed by atoms with Crippen LogP contribution < -0.4 is 10.1 Å². The Balaban J connectivity index is 1.29. The lowest BCUT2D eigenvalue weighted by atomic mass is 9.95. The molecule has 0 saturated carbocycles. The van der Waals surface area contributed by atoms with Crippen LogP contribution >= 0.6 is 0 Å². The number of benzene rings is 3. The molecule has 0 amide bonds. The quantitative estimate of drug-likeness (QED) is 0.158. The van der Waals surface area contributed by atoms with Crippen molar-refractivity contribution >= 4 is 43.7 Å². The minimum absolute atomic E-state index is 0.0641. The highest BCUT2D eigenvalue weighted by atomic mass is 32.2. The van der Waals surface area contributed by atoms with Crippen LogP contribution in [0.15, 0.2) is 72.3 Å². The predicted molar refractivity (Wildman–Crippen MR) is 177 cm³/mol. The second-order valence-electron chi connectivity index (χ2n) is 12.3. The zero-order valence-corrected chi connectivity index (χ0v) is 26.6. The van der Waals surface area contributed by atoms with Crippen LogP contribution in [0.4, 0.5) is 19.0 Å². The Morgan fingerprint density at radius 1 is 1.15 bits per heavy atom. The van der Waals surface area contributed by atoms with Gasteiger partial charge in [-0.05, 0) is 55.0 Å². The fraction of sp³-hybridized carbons (Fsp3) is 0.286. The molecule has 13 heteroatoms. The zero-order valence-electron chi connectivity index (χ0n) is 25.8. The molecule has 5 aromatic rings. The topological polar surface area (TPSA) is 118 Å². The van der Waals surface area contributed by atoms with E-state index in [0.717, 1.165) is 19.4 Å². The van der Waals surface area contributed by atoms with E-state index in [9.17, 15) is 21.8 Å². The average molecular weight is 676 g/mol. The molecular weight excluding hydrogens is 643 g/mol. The molecule has 0 spiro atoms. The summed E-state index contributed by atoms with van der Waals surface area (Å²) in [7, 11) is -4.38. The first-order valence-corrected chi connectivity index (χ1v) is 17.0. The van der Waals surface area contributed by atoms with Crippen molar-refractivity contribution in [3.05, 3.63) is 90.1 Å². The molecule has 9 nitrogen and oxygen atoms in total. The number of ether oxygens (including phenoxy) is 1. The SMILES string of the molecule is C=Cc1c(F)ccc2cccc(-c3nc(NCCc4cccc(S(=O)(=O)O)c4)c4cnc(OC[C@@]56CCCN5C[C@H](F)C6)nc4c3F)c12. The molecule has 248 valence electrons. The fourth-order valence-electron chi connectivity index (χ4n) is 7.04. The van der Waals surface area contributed by atoms with E-state index >= 15 is 4.39 Å². The molecule has 2 aliphatic heterocycles. The van der Waals surface area contributed by atoms with Gasteiger partial charge in [0, 0.05) is 42.2 Å². The van der Waals surface area contributed by atoms with E-state index in [1.807, 2.05) is 0 Å². The highest BCUT2D eigenvalue weighted by Crippen LogP contribution is 2.41. The summed E-state index contributed by atoms with van der Waals surface area (Å²) in [4.78, 5) is 15.3.